The fourth-order valence-corrected chi connectivity index (χ4v) is 3.19. The summed E-state index contributed by atoms with van der Waals surface area (Å²) in [4.78, 5) is 26.9. The molecule has 1 atom stereocenters. The van der Waals surface area contributed by atoms with Crippen molar-refractivity contribution in [2.45, 2.75) is 31.4 Å². The zero-order valence-electron chi connectivity index (χ0n) is 16.8. The van der Waals surface area contributed by atoms with Crippen molar-refractivity contribution in [3.8, 4) is 17.6 Å². The van der Waals surface area contributed by atoms with Gasteiger partial charge in [-0.25, -0.2) is 0 Å². The van der Waals surface area contributed by atoms with Crippen LogP contribution in [0, 0.1) is 11.8 Å². The van der Waals surface area contributed by atoms with Crippen LogP contribution >= 0.6 is 0 Å². The number of hydrogen-bond donors (Lipinski definition) is 2. The second kappa shape index (κ2) is 7.89. The van der Waals surface area contributed by atoms with Gasteiger partial charge in [0.15, 0.2) is 5.60 Å². The average molecular weight is 410 g/mol. The second-order valence-corrected chi connectivity index (χ2v) is 7.43. The number of benzene rings is 1. The number of anilines is 1. The van der Waals surface area contributed by atoms with Crippen LogP contribution in [0.3, 0.4) is 0 Å². The summed E-state index contributed by atoms with van der Waals surface area (Å²) >= 11 is 0. The Morgan fingerprint density at radius 2 is 2.20 bits per heavy atom. The van der Waals surface area contributed by atoms with Gasteiger partial charge < -0.3 is 24.8 Å². The first-order valence-corrected chi connectivity index (χ1v) is 9.69. The predicted octanol–water partition coefficient (Wildman–Crippen LogP) is 0.250. The number of amides is 2. The molecule has 0 aliphatic carbocycles. The largest absolute Gasteiger partial charge is 0.489 e. The summed E-state index contributed by atoms with van der Waals surface area (Å²) in [5, 5.41) is 20.6. The molecule has 0 radical (unpaired) electrons. The third kappa shape index (κ3) is 3.92. The van der Waals surface area contributed by atoms with Gasteiger partial charge in [0.05, 0.1) is 18.9 Å². The minimum Gasteiger partial charge on any atom is -0.489 e. The summed E-state index contributed by atoms with van der Waals surface area (Å²) in [7, 11) is 1.62. The SMILES string of the molecule is CCC1=NN=C(C(=O)N[C@H]2COc3ccc(C#CC4(O)COC4)cc3N(C)C2=O)C1. The number of carbonyl (C=O) groups is 2. The monoisotopic (exact) mass is 410 g/mol. The lowest BCUT2D eigenvalue weighted by Gasteiger charge is -2.30. The van der Waals surface area contributed by atoms with Gasteiger partial charge >= 0.3 is 0 Å². The van der Waals surface area contributed by atoms with Crippen molar-refractivity contribution in [3.05, 3.63) is 23.8 Å². The summed E-state index contributed by atoms with van der Waals surface area (Å²) in [6.07, 6.45) is 1.11. The van der Waals surface area contributed by atoms with E-state index in [9.17, 15) is 14.7 Å². The Hall–Kier alpha value is -3.22. The predicted molar refractivity (Wildman–Crippen MR) is 110 cm³/mol. The van der Waals surface area contributed by atoms with E-state index in [0.717, 1.165) is 12.1 Å². The molecule has 30 heavy (non-hydrogen) atoms. The van der Waals surface area contributed by atoms with Crippen LogP contribution in [0.15, 0.2) is 28.4 Å². The van der Waals surface area contributed by atoms with Gasteiger partial charge in [-0.3, -0.25) is 9.59 Å². The maximum absolute atomic E-state index is 12.9. The van der Waals surface area contributed by atoms with Gasteiger partial charge in [-0.15, -0.1) is 5.10 Å². The maximum Gasteiger partial charge on any atom is 0.268 e. The van der Waals surface area contributed by atoms with Crippen molar-refractivity contribution in [1.82, 2.24) is 5.32 Å². The number of carbonyl (C=O) groups excluding carboxylic acids is 2. The van der Waals surface area contributed by atoms with Crippen LogP contribution in [0.4, 0.5) is 5.69 Å². The molecular formula is C21H22N4O5. The van der Waals surface area contributed by atoms with Crippen molar-refractivity contribution in [3.63, 3.8) is 0 Å². The molecular weight excluding hydrogens is 388 g/mol. The molecule has 1 aromatic carbocycles. The number of likely N-dealkylation sites (N-methyl/N-ethyl adjacent to an activating group) is 1. The highest BCUT2D eigenvalue weighted by Crippen LogP contribution is 2.31. The second-order valence-electron chi connectivity index (χ2n) is 7.43. The zero-order chi connectivity index (χ0) is 21.3. The van der Waals surface area contributed by atoms with Crippen LogP contribution in [0.5, 0.6) is 5.75 Å². The van der Waals surface area contributed by atoms with Crippen molar-refractivity contribution in [1.29, 1.82) is 0 Å². The van der Waals surface area contributed by atoms with Gasteiger partial charge in [-0.2, -0.15) is 5.10 Å². The van der Waals surface area contributed by atoms with Gasteiger partial charge in [0.1, 0.15) is 24.1 Å². The summed E-state index contributed by atoms with van der Waals surface area (Å²) in [5.41, 5.74) is 1.17. The summed E-state index contributed by atoms with van der Waals surface area (Å²) in [6, 6.07) is 4.33. The summed E-state index contributed by atoms with van der Waals surface area (Å²) < 4.78 is 10.8. The highest BCUT2D eigenvalue weighted by Gasteiger charge is 2.34. The molecule has 2 amide bonds. The molecule has 1 aromatic rings. The molecule has 0 spiro atoms. The Labute approximate surface area is 173 Å². The van der Waals surface area contributed by atoms with E-state index >= 15 is 0 Å². The van der Waals surface area contributed by atoms with Gasteiger partial charge in [0, 0.05) is 24.7 Å². The lowest BCUT2D eigenvalue weighted by atomic mass is 10.0. The molecule has 2 N–H and O–H groups in total. The van der Waals surface area contributed by atoms with Gasteiger partial charge in [-0.05, 0) is 24.6 Å². The first kappa shape index (κ1) is 20.1. The topological polar surface area (TPSA) is 113 Å². The standard InChI is InChI=1S/C21H22N4O5/c1-3-14-9-15(24-23-14)19(26)22-16-10-30-18-5-4-13(6-7-21(28)11-29-12-21)8-17(18)25(2)20(16)27/h4-5,8,16,28H,3,9-12H2,1-2H3,(H,22,26)/t16-/m0/s1. The minimum atomic E-state index is -1.12. The number of nitrogens with one attached hydrogen (secondary N) is 1. The Balaban J connectivity index is 1.48. The minimum absolute atomic E-state index is 0.00119. The molecule has 0 unspecified atom stereocenters. The van der Waals surface area contributed by atoms with E-state index < -0.39 is 17.6 Å². The molecule has 4 rings (SSSR count). The number of hydrogen-bond acceptors (Lipinski definition) is 7. The first-order valence-electron chi connectivity index (χ1n) is 9.69. The van der Waals surface area contributed by atoms with E-state index in [0.29, 0.717) is 29.1 Å². The van der Waals surface area contributed by atoms with Gasteiger partial charge in [-0.1, -0.05) is 18.8 Å². The Morgan fingerprint density at radius 3 is 2.87 bits per heavy atom. The Kier molecular flexibility index (Phi) is 5.28. The van der Waals surface area contributed by atoms with Crippen LogP contribution in [-0.4, -0.2) is 66.9 Å². The lowest BCUT2D eigenvalue weighted by Crippen LogP contribution is -2.51. The van der Waals surface area contributed by atoms with E-state index in [1.54, 1.807) is 25.2 Å². The molecule has 0 aromatic heterocycles. The highest BCUT2D eigenvalue weighted by molar-refractivity contribution is 6.43. The molecule has 3 aliphatic heterocycles. The number of aliphatic hydroxyl groups is 1. The van der Waals surface area contributed by atoms with E-state index in [1.807, 2.05) is 6.92 Å². The third-order valence-corrected chi connectivity index (χ3v) is 5.13. The quantitative estimate of drug-likeness (QED) is 0.694. The lowest BCUT2D eigenvalue weighted by molar-refractivity contribution is -0.140. The fraction of sp³-hybridized carbons (Fsp3) is 0.429. The number of rotatable bonds is 3. The molecule has 156 valence electrons. The molecule has 9 heteroatoms. The van der Waals surface area contributed by atoms with E-state index in [4.69, 9.17) is 9.47 Å². The number of ether oxygens (including phenoxy) is 2. The van der Waals surface area contributed by atoms with Gasteiger partial charge in [0.2, 0.25) is 0 Å². The van der Waals surface area contributed by atoms with Crippen molar-refractivity contribution in [2.75, 3.05) is 31.8 Å². The summed E-state index contributed by atoms with van der Waals surface area (Å²) in [5.74, 6) is 5.47. The van der Waals surface area contributed by atoms with E-state index in [-0.39, 0.29) is 25.7 Å². The van der Waals surface area contributed by atoms with E-state index in [2.05, 4.69) is 27.4 Å². The molecule has 0 bridgehead atoms. The molecule has 1 saturated heterocycles. The Morgan fingerprint density at radius 1 is 1.40 bits per heavy atom. The third-order valence-electron chi connectivity index (χ3n) is 5.13. The normalized spacial score (nSPS) is 21.8. The fourth-order valence-electron chi connectivity index (χ4n) is 3.19. The van der Waals surface area contributed by atoms with Gasteiger partial charge in [0.25, 0.3) is 11.8 Å². The molecule has 1 fully saturated rings. The van der Waals surface area contributed by atoms with Crippen molar-refractivity contribution < 1.29 is 24.2 Å². The van der Waals surface area contributed by atoms with E-state index in [1.165, 1.54) is 4.90 Å². The number of fused-ring (bicyclic) bond motifs is 1. The maximum atomic E-state index is 12.9. The highest BCUT2D eigenvalue weighted by atomic mass is 16.5. The van der Waals surface area contributed by atoms with Crippen molar-refractivity contribution >= 4 is 28.9 Å². The molecule has 0 saturated carbocycles. The summed E-state index contributed by atoms with van der Waals surface area (Å²) in [6.45, 7) is 2.32. The molecule has 9 nitrogen and oxygen atoms in total. The molecule has 3 heterocycles. The number of nitrogens with zero attached hydrogens (tertiary/aromatic N) is 3. The zero-order valence-corrected chi connectivity index (χ0v) is 16.8. The Bertz CT molecular complexity index is 1020. The smallest absolute Gasteiger partial charge is 0.268 e. The van der Waals surface area contributed by atoms with Crippen LogP contribution in [-0.2, 0) is 14.3 Å². The van der Waals surface area contributed by atoms with Crippen LogP contribution < -0.4 is 15.0 Å². The molecule has 3 aliphatic rings. The van der Waals surface area contributed by atoms with Crippen LogP contribution in [0.1, 0.15) is 25.3 Å². The van der Waals surface area contributed by atoms with Crippen LogP contribution in [0.25, 0.3) is 0 Å². The van der Waals surface area contributed by atoms with Crippen LogP contribution in [0.2, 0.25) is 0 Å². The average Bonchev–Trinajstić information content (AvgIpc) is 3.18. The first-order chi connectivity index (χ1) is 14.4. The van der Waals surface area contributed by atoms with Crippen molar-refractivity contribution in [2.24, 2.45) is 10.2 Å².